The molecule has 2 aromatic rings. The van der Waals surface area contributed by atoms with E-state index in [1.54, 1.807) is 0 Å². The normalized spacial score (nSPS) is 22.7. The monoisotopic (exact) mass is 373 g/mol. The Hall–Kier alpha value is -2.44. The van der Waals surface area contributed by atoms with Crippen molar-refractivity contribution in [3.05, 3.63) is 24.3 Å². The highest BCUT2D eigenvalue weighted by molar-refractivity contribution is 5.79. The molecule has 0 N–H and O–H groups in total. The van der Waals surface area contributed by atoms with Gasteiger partial charge in [-0.05, 0) is 42.7 Å². The fourth-order valence-corrected chi connectivity index (χ4v) is 3.79. The van der Waals surface area contributed by atoms with Gasteiger partial charge < -0.3 is 9.47 Å². The maximum Gasteiger partial charge on any atom is 0.344 e. The number of benzene rings is 1. The third-order valence-corrected chi connectivity index (χ3v) is 5.29. The highest BCUT2D eigenvalue weighted by Gasteiger charge is 2.33. The molecule has 0 aliphatic heterocycles. The Morgan fingerprint density at radius 2 is 2.00 bits per heavy atom. The van der Waals surface area contributed by atoms with Crippen LogP contribution in [-0.4, -0.2) is 39.6 Å². The van der Waals surface area contributed by atoms with Crippen LogP contribution in [0.3, 0.4) is 0 Å². The van der Waals surface area contributed by atoms with Gasteiger partial charge in [0.05, 0.1) is 5.52 Å². The van der Waals surface area contributed by atoms with Crippen molar-refractivity contribution in [2.45, 2.75) is 52.7 Å². The van der Waals surface area contributed by atoms with Crippen LogP contribution in [0.1, 0.15) is 40.0 Å². The van der Waals surface area contributed by atoms with Crippen LogP contribution in [0, 0.1) is 17.8 Å². The van der Waals surface area contributed by atoms with Gasteiger partial charge in [0, 0.05) is 0 Å². The fourth-order valence-electron chi connectivity index (χ4n) is 3.79. The summed E-state index contributed by atoms with van der Waals surface area (Å²) in [5.41, 5.74) is 1.45. The summed E-state index contributed by atoms with van der Waals surface area (Å²) in [5.74, 6) is 0.332. The van der Waals surface area contributed by atoms with E-state index >= 15 is 0 Å². The van der Waals surface area contributed by atoms with Gasteiger partial charge in [-0.3, -0.25) is 4.79 Å². The van der Waals surface area contributed by atoms with Crippen molar-refractivity contribution in [1.82, 2.24) is 15.0 Å². The van der Waals surface area contributed by atoms with Crippen LogP contribution in [0.2, 0.25) is 0 Å². The van der Waals surface area contributed by atoms with Crippen molar-refractivity contribution in [2.75, 3.05) is 6.61 Å². The number of hydrogen-bond acceptors (Lipinski definition) is 6. The zero-order valence-corrected chi connectivity index (χ0v) is 16.1. The summed E-state index contributed by atoms with van der Waals surface area (Å²) < 4.78 is 12.2. The summed E-state index contributed by atoms with van der Waals surface area (Å²) in [6.07, 6.45) is 3.00. The summed E-state index contributed by atoms with van der Waals surface area (Å²) in [6, 6.07) is 7.35. The second-order valence-electron chi connectivity index (χ2n) is 7.75. The molecule has 146 valence electrons. The van der Waals surface area contributed by atoms with Gasteiger partial charge in [-0.2, -0.15) is 0 Å². The Balaban J connectivity index is 1.50. The first-order valence-electron chi connectivity index (χ1n) is 9.57. The molecule has 1 fully saturated rings. The Labute approximate surface area is 159 Å². The zero-order chi connectivity index (χ0) is 19.4. The first-order chi connectivity index (χ1) is 12.9. The zero-order valence-electron chi connectivity index (χ0n) is 16.1. The van der Waals surface area contributed by atoms with Crippen molar-refractivity contribution in [3.63, 3.8) is 0 Å². The quantitative estimate of drug-likeness (QED) is 0.724. The molecule has 0 unspecified atom stereocenters. The topological polar surface area (TPSA) is 83.3 Å². The lowest BCUT2D eigenvalue weighted by molar-refractivity contribution is -0.167. The number of ether oxygens (including phenoxy) is 2. The molecule has 7 nitrogen and oxygen atoms in total. The van der Waals surface area contributed by atoms with E-state index in [9.17, 15) is 9.59 Å². The van der Waals surface area contributed by atoms with E-state index in [1.165, 1.54) is 4.68 Å². The average Bonchev–Trinajstić information content (AvgIpc) is 3.03. The molecule has 1 saturated carbocycles. The van der Waals surface area contributed by atoms with E-state index in [0.29, 0.717) is 23.3 Å². The van der Waals surface area contributed by atoms with E-state index in [1.807, 2.05) is 24.3 Å². The minimum atomic E-state index is -0.542. The largest absolute Gasteiger partial charge is 0.460 e. The molecular formula is C20H27N3O4. The standard InChI is InChI=1S/C20H27N3O4/c1-13(2)15-9-8-14(3)10-18(15)27-20(25)12-26-19(24)11-23-17-7-5-4-6-16(17)21-22-23/h4-7,13-15,18H,8-12H2,1-3H3/t14-,15-,18+/m0/s1. The minimum absolute atomic E-state index is 0.0944. The van der Waals surface area contributed by atoms with Crippen molar-refractivity contribution in [1.29, 1.82) is 0 Å². The number of nitrogens with zero attached hydrogens (tertiary/aromatic N) is 3. The summed E-state index contributed by atoms with van der Waals surface area (Å²) in [7, 11) is 0. The van der Waals surface area contributed by atoms with Crippen LogP contribution in [-0.2, 0) is 25.6 Å². The second-order valence-corrected chi connectivity index (χ2v) is 7.75. The van der Waals surface area contributed by atoms with Gasteiger partial charge in [0.15, 0.2) is 6.61 Å². The molecule has 27 heavy (non-hydrogen) atoms. The van der Waals surface area contributed by atoms with Gasteiger partial charge in [-0.1, -0.05) is 44.5 Å². The molecule has 1 aliphatic carbocycles. The van der Waals surface area contributed by atoms with Crippen molar-refractivity contribution in [3.8, 4) is 0 Å². The summed E-state index contributed by atoms with van der Waals surface area (Å²) in [6.45, 7) is 6.03. The van der Waals surface area contributed by atoms with E-state index in [4.69, 9.17) is 9.47 Å². The van der Waals surface area contributed by atoms with E-state index in [2.05, 4.69) is 31.1 Å². The lowest BCUT2D eigenvalue weighted by atomic mass is 9.75. The average molecular weight is 373 g/mol. The molecule has 3 rings (SSSR count). The molecule has 0 radical (unpaired) electrons. The first-order valence-corrected chi connectivity index (χ1v) is 9.57. The van der Waals surface area contributed by atoms with E-state index in [-0.39, 0.29) is 19.3 Å². The number of fused-ring (bicyclic) bond motifs is 1. The van der Waals surface area contributed by atoms with E-state index < -0.39 is 11.9 Å². The highest BCUT2D eigenvalue weighted by atomic mass is 16.6. The predicted molar refractivity (Wildman–Crippen MR) is 99.7 cm³/mol. The third-order valence-electron chi connectivity index (χ3n) is 5.29. The number of carbonyl (C=O) groups is 2. The fraction of sp³-hybridized carbons (Fsp3) is 0.600. The van der Waals surface area contributed by atoms with Crippen molar-refractivity contribution in [2.24, 2.45) is 17.8 Å². The molecule has 1 aliphatic rings. The van der Waals surface area contributed by atoms with E-state index in [0.717, 1.165) is 24.8 Å². The molecule has 1 aromatic carbocycles. The maximum atomic E-state index is 12.2. The smallest absolute Gasteiger partial charge is 0.344 e. The predicted octanol–water partition coefficient (Wildman–Crippen LogP) is 2.98. The van der Waals surface area contributed by atoms with Crippen LogP contribution < -0.4 is 0 Å². The van der Waals surface area contributed by atoms with Crippen LogP contribution in [0.15, 0.2) is 24.3 Å². The number of hydrogen-bond donors (Lipinski definition) is 0. The SMILES string of the molecule is CC(C)[C@@H]1CC[C@H](C)C[C@H]1OC(=O)COC(=O)Cn1nnc2ccccc21. The minimum Gasteiger partial charge on any atom is -0.460 e. The van der Waals surface area contributed by atoms with Crippen molar-refractivity contribution < 1.29 is 19.1 Å². The van der Waals surface area contributed by atoms with Crippen LogP contribution in [0.5, 0.6) is 0 Å². The molecule has 1 heterocycles. The number of aromatic nitrogens is 3. The Bertz CT molecular complexity index is 801. The second kappa shape index (κ2) is 8.50. The molecule has 0 spiro atoms. The van der Waals surface area contributed by atoms with Gasteiger partial charge >= 0.3 is 11.9 Å². The summed E-state index contributed by atoms with van der Waals surface area (Å²) in [5, 5.41) is 7.93. The Morgan fingerprint density at radius 1 is 1.22 bits per heavy atom. The van der Waals surface area contributed by atoms with Gasteiger partial charge in [0.1, 0.15) is 18.2 Å². The molecule has 3 atom stereocenters. The highest BCUT2D eigenvalue weighted by Crippen LogP contribution is 2.35. The lowest BCUT2D eigenvalue weighted by Crippen LogP contribution is -2.37. The molecule has 0 bridgehead atoms. The summed E-state index contributed by atoms with van der Waals surface area (Å²) >= 11 is 0. The summed E-state index contributed by atoms with van der Waals surface area (Å²) in [4.78, 5) is 24.2. The number of carbonyl (C=O) groups excluding carboxylic acids is 2. The Kier molecular flexibility index (Phi) is 6.08. The van der Waals surface area contributed by atoms with Gasteiger partial charge in [0.2, 0.25) is 0 Å². The van der Waals surface area contributed by atoms with Gasteiger partial charge in [-0.15, -0.1) is 5.10 Å². The molecule has 1 aromatic heterocycles. The first kappa shape index (κ1) is 19.3. The number of para-hydroxylation sites is 1. The molecule has 7 heteroatoms. The van der Waals surface area contributed by atoms with Crippen molar-refractivity contribution >= 4 is 23.0 Å². The van der Waals surface area contributed by atoms with Crippen LogP contribution in [0.25, 0.3) is 11.0 Å². The van der Waals surface area contributed by atoms with Gasteiger partial charge in [0.25, 0.3) is 0 Å². The number of esters is 2. The lowest BCUT2D eigenvalue weighted by Gasteiger charge is -2.36. The maximum absolute atomic E-state index is 12.2. The van der Waals surface area contributed by atoms with Gasteiger partial charge in [-0.25, -0.2) is 9.48 Å². The third kappa shape index (κ3) is 4.84. The molecule has 0 saturated heterocycles. The molecular weight excluding hydrogens is 346 g/mol. The van der Waals surface area contributed by atoms with Crippen LogP contribution in [0.4, 0.5) is 0 Å². The van der Waals surface area contributed by atoms with Crippen LogP contribution >= 0.6 is 0 Å². The number of rotatable bonds is 6. The molecule has 0 amide bonds. The Morgan fingerprint density at radius 3 is 2.78 bits per heavy atom.